The SMILES string of the molecule is CC(C)C(NC(=O)C(CCCCN)NC(=O)C(NC(=O)C(N)CC(N)=O)C(C)O)C(=O)O. The molecule has 0 aromatic heterocycles. The fourth-order valence-corrected chi connectivity index (χ4v) is 2.77. The predicted molar refractivity (Wildman–Crippen MR) is 115 cm³/mol. The number of aliphatic carboxylic acids is 1. The van der Waals surface area contributed by atoms with Gasteiger partial charge in [0.15, 0.2) is 0 Å². The Bertz CT molecular complexity index is 671. The molecule has 13 heteroatoms. The Labute approximate surface area is 186 Å². The van der Waals surface area contributed by atoms with Crippen molar-refractivity contribution in [1.29, 1.82) is 0 Å². The normalized spacial score (nSPS) is 15.7. The van der Waals surface area contributed by atoms with Crippen LogP contribution in [0.5, 0.6) is 0 Å². The molecule has 11 N–H and O–H groups in total. The number of rotatable bonds is 15. The van der Waals surface area contributed by atoms with Gasteiger partial charge in [-0.05, 0) is 38.6 Å². The van der Waals surface area contributed by atoms with E-state index in [9.17, 15) is 34.2 Å². The number of nitrogens with one attached hydrogen (secondary N) is 3. The van der Waals surface area contributed by atoms with E-state index in [2.05, 4.69) is 16.0 Å². The molecule has 0 bridgehead atoms. The number of aliphatic hydroxyl groups excluding tert-OH is 1. The van der Waals surface area contributed by atoms with Gasteiger partial charge in [0.1, 0.15) is 18.1 Å². The monoisotopic (exact) mass is 460 g/mol. The number of unbranched alkanes of at least 4 members (excludes halogenated alkanes) is 1. The van der Waals surface area contributed by atoms with Crippen molar-refractivity contribution < 1.29 is 34.2 Å². The third-order valence-corrected chi connectivity index (χ3v) is 4.63. The summed E-state index contributed by atoms with van der Waals surface area (Å²) < 4.78 is 0. The first-order valence-electron chi connectivity index (χ1n) is 10.4. The Balaban J connectivity index is 5.43. The molecule has 0 fully saturated rings. The fraction of sp³-hybridized carbons (Fsp3) is 0.737. The number of hydrogen-bond acceptors (Lipinski definition) is 8. The smallest absolute Gasteiger partial charge is 0.326 e. The molecular weight excluding hydrogens is 424 g/mol. The maximum atomic E-state index is 12.7. The second kappa shape index (κ2) is 14.3. The van der Waals surface area contributed by atoms with Gasteiger partial charge in [-0.2, -0.15) is 0 Å². The molecule has 0 aliphatic rings. The number of amides is 4. The molecule has 0 aliphatic carbocycles. The lowest BCUT2D eigenvalue weighted by atomic mass is 10.0. The Morgan fingerprint density at radius 3 is 1.88 bits per heavy atom. The van der Waals surface area contributed by atoms with Crippen LogP contribution in [0.1, 0.15) is 46.5 Å². The van der Waals surface area contributed by atoms with E-state index in [4.69, 9.17) is 17.2 Å². The van der Waals surface area contributed by atoms with Crippen molar-refractivity contribution in [3.8, 4) is 0 Å². The van der Waals surface area contributed by atoms with E-state index in [1.165, 1.54) is 6.92 Å². The zero-order valence-electron chi connectivity index (χ0n) is 18.7. The molecule has 184 valence electrons. The first-order chi connectivity index (χ1) is 14.8. The second-order valence-electron chi connectivity index (χ2n) is 7.92. The van der Waals surface area contributed by atoms with Gasteiger partial charge in [-0.1, -0.05) is 13.8 Å². The third kappa shape index (κ3) is 10.5. The van der Waals surface area contributed by atoms with E-state index >= 15 is 0 Å². The molecule has 0 radical (unpaired) electrons. The number of aliphatic hydroxyl groups is 1. The largest absolute Gasteiger partial charge is 0.480 e. The van der Waals surface area contributed by atoms with Crippen LogP contribution in [0.2, 0.25) is 0 Å². The van der Waals surface area contributed by atoms with Gasteiger partial charge >= 0.3 is 5.97 Å². The molecule has 0 saturated carbocycles. The number of carboxylic acids is 1. The van der Waals surface area contributed by atoms with Crippen molar-refractivity contribution in [2.24, 2.45) is 23.1 Å². The quantitative estimate of drug-likeness (QED) is 0.115. The van der Waals surface area contributed by atoms with Crippen LogP contribution in [0, 0.1) is 5.92 Å². The number of hydrogen-bond donors (Lipinski definition) is 8. The van der Waals surface area contributed by atoms with Gasteiger partial charge in [-0.25, -0.2) is 4.79 Å². The average molecular weight is 461 g/mol. The lowest BCUT2D eigenvalue weighted by Crippen LogP contribution is -2.60. The van der Waals surface area contributed by atoms with Crippen LogP contribution in [0.15, 0.2) is 0 Å². The summed E-state index contributed by atoms with van der Waals surface area (Å²) in [5.41, 5.74) is 16.0. The van der Waals surface area contributed by atoms with Gasteiger partial charge in [0.05, 0.1) is 18.6 Å². The number of carbonyl (C=O) groups excluding carboxylic acids is 4. The zero-order valence-corrected chi connectivity index (χ0v) is 18.7. The van der Waals surface area contributed by atoms with Crippen LogP contribution >= 0.6 is 0 Å². The Morgan fingerprint density at radius 2 is 1.44 bits per heavy atom. The summed E-state index contributed by atoms with van der Waals surface area (Å²) >= 11 is 0. The highest BCUT2D eigenvalue weighted by Crippen LogP contribution is 2.07. The average Bonchev–Trinajstić information content (AvgIpc) is 2.67. The van der Waals surface area contributed by atoms with Crippen molar-refractivity contribution >= 4 is 29.6 Å². The van der Waals surface area contributed by atoms with Crippen molar-refractivity contribution in [3.63, 3.8) is 0 Å². The predicted octanol–water partition coefficient (Wildman–Crippen LogP) is -3.11. The lowest BCUT2D eigenvalue weighted by Gasteiger charge is -2.27. The third-order valence-electron chi connectivity index (χ3n) is 4.63. The molecule has 0 heterocycles. The second-order valence-corrected chi connectivity index (χ2v) is 7.92. The zero-order chi connectivity index (χ0) is 25.0. The summed E-state index contributed by atoms with van der Waals surface area (Å²) in [5, 5.41) is 26.3. The molecule has 0 aliphatic heterocycles. The number of carboxylic acid groups (broad SMARTS) is 1. The minimum absolute atomic E-state index is 0.154. The fourth-order valence-electron chi connectivity index (χ4n) is 2.77. The van der Waals surface area contributed by atoms with E-state index in [1.807, 2.05) is 0 Å². The summed E-state index contributed by atoms with van der Waals surface area (Å²) in [6.07, 6.45) is -0.653. The van der Waals surface area contributed by atoms with E-state index in [0.29, 0.717) is 19.4 Å². The standard InChI is InChI=1S/C19H36N6O7/c1-9(2)14(19(31)32)24-17(29)12(6-4-5-7-20)23-18(30)15(10(3)26)25-16(28)11(21)8-13(22)27/h9-12,14-15,26H,4-8,20-21H2,1-3H3,(H2,22,27)(H,23,30)(H,24,29)(H,25,28)(H,31,32). The van der Waals surface area contributed by atoms with Gasteiger partial charge in [0, 0.05) is 0 Å². The van der Waals surface area contributed by atoms with Crippen LogP contribution in [0.3, 0.4) is 0 Å². The van der Waals surface area contributed by atoms with Gasteiger partial charge in [0.25, 0.3) is 0 Å². The Morgan fingerprint density at radius 1 is 0.875 bits per heavy atom. The molecule has 5 unspecified atom stereocenters. The van der Waals surface area contributed by atoms with Gasteiger partial charge in [0.2, 0.25) is 23.6 Å². The van der Waals surface area contributed by atoms with Gasteiger partial charge in [-0.15, -0.1) is 0 Å². The number of primary amides is 1. The lowest BCUT2D eigenvalue weighted by molar-refractivity contribution is -0.143. The van der Waals surface area contributed by atoms with Crippen molar-refractivity contribution in [1.82, 2.24) is 16.0 Å². The van der Waals surface area contributed by atoms with E-state index in [1.54, 1.807) is 13.8 Å². The highest BCUT2D eigenvalue weighted by Gasteiger charge is 2.33. The van der Waals surface area contributed by atoms with Gasteiger partial charge < -0.3 is 43.4 Å². The van der Waals surface area contributed by atoms with Crippen molar-refractivity contribution in [2.45, 2.75) is 76.7 Å². The topological polar surface area (TPSA) is 240 Å². The van der Waals surface area contributed by atoms with Crippen LogP contribution in [-0.4, -0.2) is 76.6 Å². The minimum atomic E-state index is -1.48. The molecule has 0 spiro atoms. The molecule has 5 atom stereocenters. The van der Waals surface area contributed by atoms with Gasteiger partial charge in [-0.3, -0.25) is 19.2 Å². The first-order valence-corrected chi connectivity index (χ1v) is 10.4. The summed E-state index contributed by atoms with van der Waals surface area (Å²) in [6, 6.07) is -5.11. The van der Waals surface area contributed by atoms with Crippen molar-refractivity contribution in [2.75, 3.05) is 6.54 Å². The highest BCUT2D eigenvalue weighted by atomic mass is 16.4. The summed E-state index contributed by atoms with van der Waals surface area (Å²) in [5.74, 6) is -4.95. The van der Waals surface area contributed by atoms with E-state index in [-0.39, 0.29) is 6.42 Å². The number of nitrogens with two attached hydrogens (primary N) is 3. The summed E-state index contributed by atoms with van der Waals surface area (Å²) in [4.78, 5) is 59.9. The van der Waals surface area contributed by atoms with E-state index < -0.39 is 72.2 Å². The van der Waals surface area contributed by atoms with Crippen LogP contribution < -0.4 is 33.2 Å². The van der Waals surface area contributed by atoms with Crippen LogP contribution in [-0.2, 0) is 24.0 Å². The Hall–Kier alpha value is -2.77. The maximum Gasteiger partial charge on any atom is 0.326 e. The summed E-state index contributed by atoms with van der Waals surface area (Å²) in [6.45, 7) is 4.84. The minimum Gasteiger partial charge on any atom is -0.480 e. The highest BCUT2D eigenvalue weighted by molar-refractivity contribution is 5.95. The molecule has 4 amide bonds. The first kappa shape index (κ1) is 29.2. The van der Waals surface area contributed by atoms with Crippen LogP contribution in [0.25, 0.3) is 0 Å². The molecule has 0 saturated heterocycles. The Kier molecular flexibility index (Phi) is 13.1. The number of carbonyl (C=O) groups is 5. The van der Waals surface area contributed by atoms with Crippen molar-refractivity contribution in [3.05, 3.63) is 0 Å². The molecule has 0 aromatic carbocycles. The maximum absolute atomic E-state index is 12.7. The molecule has 0 rings (SSSR count). The molecule has 32 heavy (non-hydrogen) atoms. The van der Waals surface area contributed by atoms with Crippen LogP contribution in [0.4, 0.5) is 0 Å². The molecule has 0 aromatic rings. The molecule has 13 nitrogen and oxygen atoms in total. The van der Waals surface area contributed by atoms with E-state index in [0.717, 1.165) is 0 Å². The summed E-state index contributed by atoms with van der Waals surface area (Å²) in [7, 11) is 0. The molecular formula is C19H36N6O7.